The molecule has 1 rings (SSSR count). The first-order valence-electron chi connectivity index (χ1n) is 5.53. The van der Waals surface area contributed by atoms with Gasteiger partial charge >= 0.3 is 6.09 Å². The van der Waals surface area contributed by atoms with Crippen LogP contribution in [0.1, 0.15) is 27.7 Å². The molecule has 4 heteroatoms. The van der Waals surface area contributed by atoms with Gasteiger partial charge < -0.3 is 15.3 Å². The van der Waals surface area contributed by atoms with Crippen LogP contribution in [-0.4, -0.2) is 41.3 Å². The van der Waals surface area contributed by atoms with Crippen molar-refractivity contribution >= 4 is 6.09 Å². The summed E-state index contributed by atoms with van der Waals surface area (Å²) < 4.78 is 0. The van der Waals surface area contributed by atoms with Gasteiger partial charge in [0.05, 0.1) is 0 Å². The maximum Gasteiger partial charge on any atom is 0.407 e. The number of nitrogens with one attached hydrogen (secondary N) is 1. The fourth-order valence-corrected chi connectivity index (χ4v) is 1.98. The molecule has 1 amide bonds. The molecule has 1 heterocycles. The van der Waals surface area contributed by atoms with E-state index in [2.05, 4.69) is 12.2 Å². The minimum absolute atomic E-state index is 0.311. The molecule has 1 aliphatic heterocycles. The van der Waals surface area contributed by atoms with E-state index in [-0.39, 0.29) is 5.54 Å². The van der Waals surface area contributed by atoms with Crippen LogP contribution in [0.3, 0.4) is 0 Å². The molecule has 4 nitrogen and oxygen atoms in total. The van der Waals surface area contributed by atoms with Crippen molar-refractivity contribution in [2.45, 2.75) is 33.2 Å². The largest absolute Gasteiger partial charge is 0.465 e. The normalized spacial score (nSPS) is 26.7. The molecule has 0 unspecified atom stereocenters. The molecule has 0 aromatic heterocycles. The van der Waals surface area contributed by atoms with Crippen LogP contribution >= 0.6 is 0 Å². The van der Waals surface area contributed by atoms with E-state index in [9.17, 15) is 4.79 Å². The average molecular weight is 214 g/mol. The molecule has 1 fully saturated rings. The zero-order valence-electron chi connectivity index (χ0n) is 10.1. The fourth-order valence-electron chi connectivity index (χ4n) is 1.98. The third-order valence-corrected chi connectivity index (χ3v) is 3.14. The van der Waals surface area contributed by atoms with Gasteiger partial charge in [-0.05, 0) is 45.7 Å². The van der Waals surface area contributed by atoms with Gasteiger partial charge in [0.25, 0.3) is 0 Å². The first-order chi connectivity index (χ1) is 6.82. The lowest BCUT2D eigenvalue weighted by Crippen LogP contribution is -2.48. The smallest absolute Gasteiger partial charge is 0.407 e. The summed E-state index contributed by atoms with van der Waals surface area (Å²) in [6.45, 7) is 10.6. The third kappa shape index (κ3) is 3.09. The predicted molar refractivity (Wildman–Crippen MR) is 60.0 cm³/mol. The molecular formula is C11H22N2O2. The third-order valence-electron chi connectivity index (χ3n) is 3.14. The van der Waals surface area contributed by atoms with Gasteiger partial charge in [-0.3, -0.25) is 0 Å². The van der Waals surface area contributed by atoms with Crippen LogP contribution in [0, 0.1) is 11.8 Å². The van der Waals surface area contributed by atoms with Crippen LogP contribution in [0.25, 0.3) is 0 Å². The zero-order chi connectivity index (χ0) is 11.6. The van der Waals surface area contributed by atoms with Crippen molar-refractivity contribution in [3.8, 4) is 0 Å². The second kappa shape index (κ2) is 4.39. The van der Waals surface area contributed by atoms with Gasteiger partial charge in [-0.25, -0.2) is 4.79 Å². The van der Waals surface area contributed by atoms with E-state index in [0.29, 0.717) is 18.4 Å². The monoisotopic (exact) mass is 214 g/mol. The molecule has 2 atom stereocenters. The molecule has 0 aromatic carbocycles. The second-order valence-electron chi connectivity index (χ2n) is 5.46. The Morgan fingerprint density at radius 1 is 1.47 bits per heavy atom. The summed E-state index contributed by atoms with van der Waals surface area (Å²) in [7, 11) is 0. The molecule has 0 saturated carbocycles. The summed E-state index contributed by atoms with van der Waals surface area (Å²) in [5.74, 6) is 1.01. The highest BCUT2D eigenvalue weighted by atomic mass is 16.4. The van der Waals surface area contributed by atoms with Crippen LogP contribution in [0.15, 0.2) is 0 Å². The van der Waals surface area contributed by atoms with Gasteiger partial charge in [-0.1, -0.05) is 6.92 Å². The second-order valence-corrected chi connectivity index (χ2v) is 5.46. The number of carbonyl (C=O) groups is 1. The summed E-state index contributed by atoms with van der Waals surface area (Å²) in [6.07, 6.45) is -0.818. The topological polar surface area (TPSA) is 52.6 Å². The predicted octanol–water partition coefficient (Wildman–Crippen LogP) is 1.62. The number of rotatable bonds is 2. The number of hydrogen-bond acceptors (Lipinski definition) is 2. The van der Waals surface area contributed by atoms with Crippen LogP contribution in [0.2, 0.25) is 0 Å². The van der Waals surface area contributed by atoms with Crippen molar-refractivity contribution in [1.29, 1.82) is 0 Å². The van der Waals surface area contributed by atoms with Crippen molar-refractivity contribution in [1.82, 2.24) is 10.2 Å². The molecule has 15 heavy (non-hydrogen) atoms. The highest BCUT2D eigenvalue weighted by Crippen LogP contribution is 2.22. The Kier molecular flexibility index (Phi) is 3.60. The number of amides is 1. The molecule has 0 radical (unpaired) electrons. The van der Waals surface area contributed by atoms with E-state index in [1.807, 2.05) is 20.8 Å². The number of nitrogens with zero attached hydrogens (tertiary/aromatic N) is 1. The van der Waals surface area contributed by atoms with E-state index in [0.717, 1.165) is 13.1 Å². The molecule has 2 N–H and O–H groups in total. The quantitative estimate of drug-likeness (QED) is 0.734. The average Bonchev–Trinajstić information content (AvgIpc) is 2.44. The molecule has 0 spiro atoms. The SMILES string of the molecule is C[C@H]1CNC[C@@H]1CN(C(=O)O)C(C)(C)C. The lowest BCUT2D eigenvalue weighted by atomic mass is 9.95. The van der Waals surface area contributed by atoms with Crippen molar-refractivity contribution in [3.05, 3.63) is 0 Å². The van der Waals surface area contributed by atoms with Gasteiger partial charge in [-0.15, -0.1) is 0 Å². The summed E-state index contributed by atoms with van der Waals surface area (Å²) in [4.78, 5) is 12.7. The highest BCUT2D eigenvalue weighted by Gasteiger charge is 2.32. The highest BCUT2D eigenvalue weighted by molar-refractivity contribution is 5.66. The Morgan fingerprint density at radius 2 is 2.07 bits per heavy atom. The van der Waals surface area contributed by atoms with E-state index >= 15 is 0 Å². The first kappa shape index (κ1) is 12.3. The van der Waals surface area contributed by atoms with Crippen LogP contribution in [0.5, 0.6) is 0 Å². The van der Waals surface area contributed by atoms with Gasteiger partial charge in [0.1, 0.15) is 0 Å². The van der Waals surface area contributed by atoms with Crippen molar-refractivity contribution in [2.75, 3.05) is 19.6 Å². The Labute approximate surface area is 91.6 Å². The Balaban J connectivity index is 2.63. The maximum atomic E-state index is 11.1. The number of carboxylic acid groups (broad SMARTS) is 1. The Hall–Kier alpha value is -0.770. The van der Waals surface area contributed by atoms with E-state index in [1.165, 1.54) is 0 Å². The summed E-state index contributed by atoms with van der Waals surface area (Å²) in [6, 6.07) is 0. The Morgan fingerprint density at radius 3 is 2.40 bits per heavy atom. The molecule has 0 aromatic rings. The standard InChI is InChI=1S/C11H22N2O2/c1-8-5-12-6-9(8)7-13(10(14)15)11(2,3)4/h8-9,12H,5-7H2,1-4H3,(H,14,15)/t8-,9+/m0/s1. The molecule has 1 saturated heterocycles. The summed E-state index contributed by atoms with van der Waals surface area (Å²) >= 11 is 0. The van der Waals surface area contributed by atoms with Crippen LogP contribution in [0.4, 0.5) is 4.79 Å². The lowest BCUT2D eigenvalue weighted by Gasteiger charge is -2.35. The minimum Gasteiger partial charge on any atom is -0.465 e. The molecule has 88 valence electrons. The first-order valence-corrected chi connectivity index (χ1v) is 5.53. The van der Waals surface area contributed by atoms with Gasteiger partial charge in [-0.2, -0.15) is 0 Å². The maximum absolute atomic E-state index is 11.1. The summed E-state index contributed by atoms with van der Waals surface area (Å²) in [5, 5.41) is 12.5. The number of hydrogen-bond donors (Lipinski definition) is 2. The van der Waals surface area contributed by atoms with E-state index in [4.69, 9.17) is 5.11 Å². The van der Waals surface area contributed by atoms with Crippen molar-refractivity contribution < 1.29 is 9.90 Å². The van der Waals surface area contributed by atoms with Crippen LogP contribution in [-0.2, 0) is 0 Å². The minimum atomic E-state index is -0.818. The Bertz CT molecular complexity index is 235. The zero-order valence-corrected chi connectivity index (χ0v) is 10.1. The van der Waals surface area contributed by atoms with Gasteiger partial charge in [0.2, 0.25) is 0 Å². The van der Waals surface area contributed by atoms with Crippen molar-refractivity contribution in [2.24, 2.45) is 11.8 Å². The fraction of sp³-hybridized carbons (Fsp3) is 0.909. The molecular weight excluding hydrogens is 192 g/mol. The van der Waals surface area contributed by atoms with Crippen molar-refractivity contribution in [3.63, 3.8) is 0 Å². The molecule has 0 bridgehead atoms. The van der Waals surface area contributed by atoms with E-state index in [1.54, 1.807) is 4.90 Å². The van der Waals surface area contributed by atoms with E-state index < -0.39 is 6.09 Å². The van der Waals surface area contributed by atoms with Gasteiger partial charge in [0, 0.05) is 12.1 Å². The molecule has 1 aliphatic rings. The van der Waals surface area contributed by atoms with Gasteiger partial charge in [0.15, 0.2) is 0 Å². The lowest BCUT2D eigenvalue weighted by molar-refractivity contribution is 0.0865. The van der Waals surface area contributed by atoms with Crippen LogP contribution < -0.4 is 5.32 Å². The summed E-state index contributed by atoms with van der Waals surface area (Å²) in [5.41, 5.74) is -0.311. The molecule has 0 aliphatic carbocycles.